The van der Waals surface area contributed by atoms with Crippen molar-refractivity contribution in [2.75, 3.05) is 32.8 Å². The van der Waals surface area contributed by atoms with E-state index < -0.39 is 0 Å². The van der Waals surface area contributed by atoms with Crippen LogP contribution in [0.4, 0.5) is 0 Å². The number of halogens is 1. The third kappa shape index (κ3) is 3.48. The average molecular weight is 239 g/mol. The van der Waals surface area contributed by atoms with Gasteiger partial charge in [0.25, 0.3) is 0 Å². The van der Waals surface area contributed by atoms with E-state index in [0.29, 0.717) is 0 Å². The van der Waals surface area contributed by atoms with Crippen LogP contribution >= 0.6 is 11.6 Å². The summed E-state index contributed by atoms with van der Waals surface area (Å²) in [5.41, 5.74) is 1.14. The van der Waals surface area contributed by atoms with Gasteiger partial charge in [0.15, 0.2) is 0 Å². The van der Waals surface area contributed by atoms with Gasteiger partial charge in [-0.05, 0) is 31.0 Å². The van der Waals surface area contributed by atoms with Crippen molar-refractivity contribution in [3.8, 4) is 0 Å². The van der Waals surface area contributed by atoms with Gasteiger partial charge in [0, 0.05) is 18.1 Å². The lowest BCUT2D eigenvalue weighted by Crippen LogP contribution is -2.36. The van der Waals surface area contributed by atoms with Crippen molar-refractivity contribution in [3.63, 3.8) is 0 Å². The predicted octanol–water partition coefficient (Wildman–Crippen LogP) is 2.61. The van der Waals surface area contributed by atoms with Crippen molar-refractivity contribution in [2.45, 2.75) is 6.42 Å². The van der Waals surface area contributed by atoms with E-state index in [1.54, 1.807) is 0 Å². The normalized spacial score (nSPS) is 17.6. The summed E-state index contributed by atoms with van der Waals surface area (Å²) >= 11 is 6.08. The first-order valence-electron chi connectivity index (χ1n) is 5.74. The number of morpholine rings is 1. The van der Waals surface area contributed by atoms with Crippen molar-refractivity contribution in [1.82, 2.24) is 4.90 Å². The minimum absolute atomic E-state index is 0.837. The van der Waals surface area contributed by atoms with Gasteiger partial charge in [0.1, 0.15) is 0 Å². The van der Waals surface area contributed by atoms with E-state index in [9.17, 15) is 0 Å². The molecule has 0 N–H and O–H groups in total. The lowest BCUT2D eigenvalue weighted by atomic mass is 10.1. The Labute approximate surface area is 102 Å². The Bertz CT molecular complexity index is 323. The molecule has 0 aliphatic carbocycles. The van der Waals surface area contributed by atoms with Crippen LogP contribution in [0.2, 0.25) is 5.02 Å². The summed E-state index contributed by atoms with van der Waals surface area (Å²) in [5, 5.41) is 0.837. The zero-order valence-electron chi connectivity index (χ0n) is 9.36. The van der Waals surface area contributed by atoms with Crippen molar-refractivity contribution in [2.24, 2.45) is 0 Å². The highest BCUT2D eigenvalue weighted by atomic mass is 35.5. The summed E-state index contributed by atoms with van der Waals surface area (Å²) < 4.78 is 5.31. The van der Waals surface area contributed by atoms with Gasteiger partial charge < -0.3 is 4.74 Å². The predicted molar refractivity (Wildman–Crippen MR) is 66.7 cm³/mol. The first-order chi connectivity index (χ1) is 7.86. The molecule has 0 bridgehead atoms. The van der Waals surface area contributed by atoms with E-state index in [0.717, 1.165) is 49.9 Å². The Morgan fingerprint density at radius 3 is 2.75 bits per heavy atom. The number of ether oxygens (including phenoxy) is 1. The van der Waals surface area contributed by atoms with Crippen LogP contribution < -0.4 is 0 Å². The van der Waals surface area contributed by atoms with Crippen molar-refractivity contribution in [3.05, 3.63) is 41.3 Å². The number of benzene rings is 1. The molecule has 1 radical (unpaired) electrons. The molecule has 0 saturated carbocycles. The van der Waals surface area contributed by atoms with Gasteiger partial charge >= 0.3 is 0 Å². The monoisotopic (exact) mass is 238 g/mol. The molecule has 0 atom stereocenters. The standard InChI is InChI=1S/C13H17ClNO/c14-13-6-2-1-4-12(13)5-3-7-15-8-10-16-11-9-15/h1-2,4-6H,3,7-11H2. The second kappa shape index (κ2) is 6.24. The second-order valence-electron chi connectivity index (χ2n) is 3.97. The maximum atomic E-state index is 6.08. The van der Waals surface area contributed by atoms with Crippen LogP contribution in [0.3, 0.4) is 0 Å². The molecule has 87 valence electrons. The van der Waals surface area contributed by atoms with Gasteiger partial charge in [-0.25, -0.2) is 0 Å². The van der Waals surface area contributed by atoms with E-state index in [4.69, 9.17) is 16.3 Å². The summed E-state index contributed by atoms with van der Waals surface area (Å²) in [7, 11) is 0. The molecule has 16 heavy (non-hydrogen) atoms. The van der Waals surface area contributed by atoms with Gasteiger partial charge in [-0.2, -0.15) is 0 Å². The lowest BCUT2D eigenvalue weighted by molar-refractivity contribution is 0.0384. The Morgan fingerprint density at radius 1 is 1.25 bits per heavy atom. The summed E-state index contributed by atoms with van der Waals surface area (Å²) in [5.74, 6) is 0. The Morgan fingerprint density at radius 2 is 2.00 bits per heavy atom. The third-order valence-corrected chi connectivity index (χ3v) is 3.16. The molecule has 3 heteroatoms. The summed E-state index contributed by atoms with van der Waals surface area (Å²) in [6.45, 7) is 4.93. The smallest absolute Gasteiger partial charge is 0.0594 e. The first kappa shape index (κ1) is 11.9. The van der Waals surface area contributed by atoms with Gasteiger partial charge in [-0.3, -0.25) is 4.90 Å². The van der Waals surface area contributed by atoms with E-state index in [2.05, 4.69) is 17.4 Å². The highest BCUT2D eigenvalue weighted by Gasteiger charge is 2.09. The van der Waals surface area contributed by atoms with Gasteiger partial charge in [0.2, 0.25) is 0 Å². The van der Waals surface area contributed by atoms with Crippen LogP contribution in [0.25, 0.3) is 0 Å². The number of hydrogen-bond acceptors (Lipinski definition) is 2. The summed E-state index contributed by atoms with van der Waals surface area (Å²) in [4.78, 5) is 2.43. The van der Waals surface area contributed by atoms with Crippen LogP contribution in [0.1, 0.15) is 12.0 Å². The minimum atomic E-state index is 0.837. The van der Waals surface area contributed by atoms with E-state index >= 15 is 0 Å². The largest absolute Gasteiger partial charge is 0.379 e. The molecule has 1 fully saturated rings. The molecule has 0 spiro atoms. The fourth-order valence-corrected chi connectivity index (χ4v) is 2.08. The Hall–Kier alpha value is -0.570. The summed E-state index contributed by atoms with van der Waals surface area (Å²) in [6, 6.07) is 7.97. The molecule has 2 nitrogen and oxygen atoms in total. The molecular weight excluding hydrogens is 222 g/mol. The SMILES string of the molecule is Clc1ccccc1[CH]CCN1CCOCC1. The van der Waals surface area contributed by atoms with Crippen LogP contribution in [-0.4, -0.2) is 37.7 Å². The molecule has 1 aliphatic heterocycles. The molecule has 0 amide bonds. The van der Waals surface area contributed by atoms with Gasteiger partial charge in [0.05, 0.1) is 13.2 Å². The number of rotatable bonds is 4. The highest BCUT2D eigenvalue weighted by molar-refractivity contribution is 6.31. The minimum Gasteiger partial charge on any atom is -0.379 e. The molecule has 0 unspecified atom stereocenters. The van der Waals surface area contributed by atoms with Crippen molar-refractivity contribution in [1.29, 1.82) is 0 Å². The lowest BCUT2D eigenvalue weighted by Gasteiger charge is -2.26. The van der Waals surface area contributed by atoms with E-state index in [1.807, 2.05) is 18.2 Å². The van der Waals surface area contributed by atoms with Crippen LogP contribution in [0, 0.1) is 6.42 Å². The average Bonchev–Trinajstić information content (AvgIpc) is 2.33. The maximum absolute atomic E-state index is 6.08. The molecule has 1 aromatic carbocycles. The van der Waals surface area contributed by atoms with Crippen LogP contribution in [0.5, 0.6) is 0 Å². The molecule has 0 aromatic heterocycles. The molecule has 1 heterocycles. The topological polar surface area (TPSA) is 12.5 Å². The molecular formula is C13H17ClNO. The molecule has 1 saturated heterocycles. The van der Waals surface area contributed by atoms with Crippen molar-refractivity contribution >= 4 is 11.6 Å². The first-order valence-corrected chi connectivity index (χ1v) is 6.12. The highest BCUT2D eigenvalue weighted by Crippen LogP contribution is 2.18. The van der Waals surface area contributed by atoms with Crippen molar-refractivity contribution < 1.29 is 4.74 Å². The third-order valence-electron chi connectivity index (χ3n) is 2.82. The van der Waals surface area contributed by atoms with Crippen LogP contribution in [0.15, 0.2) is 24.3 Å². The van der Waals surface area contributed by atoms with Gasteiger partial charge in [-0.1, -0.05) is 29.8 Å². The summed E-state index contributed by atoms with van der Waals surface area (Å²) in [6.07, 6.45) is 3.25. The number of nitrogens with zero attached hydrogens (tertiary/aromatic N) is 1. The second-order valence-corrected chi connectivity index (χ2v) is 4.38. The van der Waals surface area contributed by atoms with Gasteiger partial charge in [-0.15, -0.1) is 0 Å². The Kier molecular flexibility index (Phi) is 4.64. The maximum Gasteiger partial charge on any atom is 0.0594 e. The van der Waals surface area contributed by atoms with Crippen LogP contribution in [-0.2, 0) is 4.74 Å². The van der Waals surface area contributed by atoms with E-state index in [-0.39, 0.29) is 0 Å². The molecule has 1 aromatic rings. The van der Waals surface area contributed by atoms with E-state index in [1.165, 1.54) is 0 Å². The zero-order chi connectivity index (χ0) is 11.2. The fourth-order valence-electron chi connectivity index (χ4n) is 1.87. The fraction of sp³-hybridized carbons (Fsp3) is 0.462. The zero-order valence-corrected chi connectivity index (χ0v) is 10.1. The quantitative estimate of drug-likeness (QED) is 0.800. The molecule has 2 rings (SSSR count). The Balaban J connectivity index is 1.73. The molecule has 1 aliphatic rings. The number of hydrogen-bond donors (Lipinski definition) is 0.